The Morgan fingerprint density at radius 1 is 0.447 bits per heavy atom. The Hall–Kier alpha value is -5.93. The number of hydrogen-bond acceptors (Lipinski definition) is 1. The van der Waals surface area contributed by atoms with E-state index in [-0.39, 0.29) is 5.41 Å². The minimum atomic E-state index is -0.0919. The van der Waals surface area contributed by atoms with E-state index in [4.69, 9.17) is 0 Å². The molecule has 47 heavy (non-hydrogen) atoms. The second kappa shape index (κ2) is 9.54. The van der Waals surface area contributed by atoms with Crippen LogP contribution in [0, 0.1) is 0 Å². The lowest BCUT2D eigenvalue weighted by Gasteiger charge is -2.21. The third-order valence-corrected chi connectivity index (χ3v) is 10.4. The standard InChI is InChI=1S/C44H31N3/c1-44(2)37-17-6-3-14-31(37)34-26-36-35-25-30(46-40-19-7-4-15-32(40)33-16-5-8-20-41(33)46)21-22-42(35)47(43(36)27-38(34)44)29-13-11-12-28(24-29)39-18-9-10-23-45-39/h3-27H,1-2H3. The number of fused-ring (bicyclic) bond motifs is 9. The maximum atomic E-state index is 4.66. The van der Waals surface area contributed by atoms with Gasteiger partial charge in [-0.25, -0.2) is 0 Å². The molecule has 0 unspecified atom stereocenters. The summed E-state index contributed by atoms with van der Waals surface area (Å²) in [4.78, 5) is 4.66. The molecular weight excluding hydrogens is 571 g/mol. The molecule has 0 saturated carbocycles. The van der Waals surface area contributed by atoms with Gasteiger partial charge in [-0.05, 0) is 89.0 Å². The normalized spacial score (nSPS) is 13.5. The number of rotatable bonds is 3. The number of hydrogen-bond donors (Lipinski definition) is 0. The monoisotopic (exact) mass is 601 g/mol. The molecular formula is C44H31N3. The highest BCUT2D eigenvalue weighted by Gasteiger charge is 2.36. The minimum absolute atomic E-state index is 0.0919. The average Bonchev–Trinajstić information content (AvgIpc) is 3.71. The zero-order chi connectivity index (χ0) is 31.3. The first kappa shape index (κ1) is 26.3. The van der Waals surface area contributed by atoms with Gasteiger partial charge in [-0.2, -0.15) is 0 Å². The first-order valence-electron chi connectivity index (χ1n) is 16.3. The lowest BCUT2D eigenvalue weighted by molar-refractivity contribution is 0.661. The molecule has 0 fully saturated rings. The van der Waals surface area contributed by atoms with Gasteiger partial charge in [-0.1, -0.05) is 92.7 Å². The molecule has 1 aliphatic carbocycles. The van der Waals surface area contributed by atoms with Crippen LogP contribution in [0.25, 0.3) is 77.4 Å². The van der Waals surface area contributed by atoms with Crippen molar-refractivity contribution in [2.75, 3.05) is 0 Å². The summed E-state index contributed by atoms with van der Waals surface area (Å²) in [6.45, 7) is 4.72. The predicted molar refractivity (Wildman–Crippen MR) is 196 cm³/mol. The van der Waals surface area contributed by atoms with Gasteiger partial charge >= 0.3 is 0 Å². The Bertz CT molecular complexity index is 2650. The van der Waals surface area contributed by atoms with Gasteiger partial charge in [0.05, 0.1) is 27.8 Å². The van der Waals surface area contributed by atoms with Gasteiger partial charge in [0.2, 0.25) is 0 Å². The largest absolute Gasteiger partial charge is 0.309 e. The van der Waals surface area contributed by atoms with Crippen molar-refractivity contribution in [1.82, 2.24) is 14.1 Å². The van der Waals surface area contributed by atoms with Crippen molar-refractivity contribution >= 4 is 43.6 Å². The van der Waals surface area contributed by atoms with E-state index in [1.54, 1.807) is 0 Å². The van der Waals surface area contributed by atoms with E-state index in [0.717, 1.165) is 22.6 Å². The van der Waals surface area contributed by atoms with Crippen LogP contribution in [0.2, 0.25) is 0 Å². The predicted octanol–water partition coefficient (Wildman–Crippen LogP) is 11.2. The Morgan fingerprint density at radius 3 is 1.89 bits per heavy atom. The molecule has 0 aliphatic heterocycles. The molecule has 0 spiro atoms. The number of nitrogens with zero attached hydrogens (tertiary/aromatic N) is 3. The molecule has 3 heterocycles. The van der Waals surface area contributed by atoms with Gasteiger partial charge in [0.15, 0.2) is 0 Å². The summed E-state index contributed by atoms with van der Waals surface area (Å²) >= 11 is 0. The second-order valence-electron chi connectivity index (χ2n) is 13.3. The Balaban J connectivity index is 1.30. The topological polar surface area (TPSA) is 22.8 Å². The number of aromatic nitrogens is 3. The van der Waals surface area contributed by atoms with E-state index in [1.807, 2.05) is 12.3 Å². The van der Waals surface area contributed by atoms with Gasteiger partial charge in [0.25, 0.3) is 0 Å². The Morgan fingerprint density at radius 2 is 1.11 bits per heavy atom. The molecule has 0 saturated heterocycles. The maximum absolute atomic E-state index is 4.66. The van der Waals surface area contributed by atoms with Crippen molar-refractivity contribution in [3.63, 3.8) is 0 Å². The zero-order valence-electron chi connectivity index (χ0n) is 26.3. The fourth-order valence-corrected chi connectivity index (χ4v) is 8.16. The number of benzene rings is 6. The molecule has 1 aliphatic rings. The van der Waals surface area contributed by atoms with Crippen LogP contribution < -0.4 is 0 Å². The number of pyridine rings is 1. The molecule has 9 aromatic rings. The lowest BCUT2D eigenvalue weighted by Crippen LogP contribution is -2.14. The fourth-order valence-electron chi connectivity index (χ4n) is 8.16. The van der Waals surface area contributed by atoms with Gasteiger partial charge in [-0.15, -0.1) is 0 Å². The first-order valence-corrected chi connectivity index (χ1v) is 16.3. The van der Waals surface area contributed by atoms with Crippen molar-refractivity contribution in [2.45, 2.75) is 19.3 Å². The van der Waals surface area contributed by atoms with Crippen LogP contribution in [0.5, 0.6) is 0 Å². The SMILES string of the molecule is CC1(C)c2ccccc2-c2cc3c4cc(-n5c6ccccc6c6ccccc65)ccc4n(-c4cccc(-c5ccccn5)c4)c3cc21. The summed E-state index contributed by atoms with van der Waals surface area (Å²) < 4.78 is 4.87. The molecule has 3 aromatic heterocycles. The second-order valence-corrected chi connectivity index (χ2v) is 13.3. The maximum Gasteiger partial charge on any atom is 0.0702 e. The third-order valence-electron chi connectivity index (χ3n) is 10.4. The van der Waals surface area contributed by atoms with Crippen LogP contribution in [0.15, 0.2) is 152 Å². The Labute approximate surface area is 273 Å². The summed E-state index contributed by atoms with van der Waals surface area (Å²) in [7, 11) is 0. The third kappa shape index (κ3) is 3.65. The molecule has 0 radical (unpaired) electrons. The van der Waals surface area contributed by atoms with Crippen molar-refractivity contribution in [3.05, 3.63) is 163 Å². The van der Waals surface area contributed by atoms with E-state index in [9.17, 15) is 0 Å². The summed E-state index contributed by atoms with van der Waals surface area (Å²) in [5, 5.41) is 5.05. The van der Waals surface area contributed by atoms with E-state index in [2.05, 4.69) is 167 Å². The molecule has 0 N–H and O–H groups in total. The fraction of sp³-hybridized carbons (Fsp3) is 0.0682. The Kier molecular flexibility index (Phi) is 5.34. The minimum Gasteiger partial charge on any atom is -0.309 e. The van der Waals surface area contributed by atoms with Crippen molar-refractivity contribution in [3.8, 4) is 33.8 Å². The van der Waals surface area contributed by atoms with Crippen LogP contribution in [0.4, 0.5) is 0 Å². The van der Waals surface area contributed by atoms with Crippen molar-refractivity contribution in [1.29, 1.82) is 0 Å². The van der Waals surface area contributed by atoms with E-state index < -0.39 is 0 Å². The van der Waals surface area contributed by atoms with Crippen molar-refractivity contribution < 1.29 is 0 Å². The summed E-state index contributed by atoms with van der Waals surface area (Å²) in [5.74, 6) is 0. The summed E-state index contributed by atoms with van der Waals surface area (Å²) in [6.07, 6.45) is 1.86. The zero-order valence-corrected chi connectivity index (χ0v) is 26.3. The molecule has 0 atom stereocenters. The van der Waals surface area contributed by atoms with Crippen LogP contribution in [-0.2, 0) is 5.41 Å². The molecule has 3 nitrogen and oxygen atoms in total. The van der Waals surface area contributed by atoms with Gasteiger partial charge < -0.3 is 9.13 Å². The highest BCUT2D eigenvalue weighted by atomic mass is 15.0. The average molecular weight is 602 g/mol. The summed E-state index contributed by atoms with van der Waals surface area (Å²) in [6, 6.07) is 53.2. The van der Waals surface area contributed by atoms with Crippen LogP contribution >= 0.6 is 0 Å². The first-order chi connectivity index (χ1) is 23.1. The van der Waals surface area contributed by atoms with Crippen LogP contribution in [-0.4, -0.2) is 14.1 Å². The highest BCUT2D eigenvalue weighted by molar-refractivity contribution is 6.13. The van der Waals surface area contributed by atoms with E-state index in [1.165, 1.54) is 65.9 Å². The van der Waals surface area contributed by atoms with Crippen molar-refractivity contribution in [2.24, 2.45) is 0 Å². The molecule has 10 rings (SSSR count). The van der Waals surface area contributed by atoms with Gasteiger partial charge in [-0.3, -0.25) is 4.98 Å². The van der Waals surface area contributed by atoms with Crippen LogP contribution in [0.3, 0.4) is 0 Å². The number of para-hydroxylation sites is 2. The quantitative estimate of drug-likeness (QED) is 0.198. The molecule has 6 aromatic carbocycles. The van der Waals surface area contributed by atoms with Gasteiger partial charge in [0, 0.05) is 50.1 Å². The van der Waals surface area contributed by atoms with Crippen LogP contribution in [0.1, 0.15) is 25.0 Å². The summed E-state index contributed by atoms with van der Waals surface area (Å²) in [5.41, 5.74) is 14.6. The van der Waals surface area contributed by atoms with Gasteiger partial charge in [0.1, 0.15) is 0 Å². The van der Waals surface area contributed by atoms with E-state index >= 15 is 0 Å². The van der Waals surface area contributed by atoms with E-state index in [0.29, 0.717) is 0 Å². The molecule has 3 heteroatoms. The molecule has 0 bridgehead atoms. The smallest absolute Gasteiger partial charge is 0.0702 e. The molecule has 0 amide bonds. The molecule has 222 valence electrons. The lowest BCUT2D eigenvalue weighted by atomic mass is 9.82. The highest BCUT2D eigenvalue weighted by Crippen LogP contribution is 2.51.